The molecule has 7 heteroatoms. The number of carbonyl (C=O) groups excluding carboxylic acids is 2. The zero-order chi connectivity index (χ0) is 17.2. The molecule has 3 N–H and O–H groups in total. The fraction of sp³-hybridized carbons (Fsp3) is 0.529. The minimum absolute atomic E-state index is 0.128. The average molecular weight is 352 g/mol. The van der Waals surface area contributed by atoms with Crippen molar-refractivity contribution in [1.82, 2.24) is 16.0 Å². The lowest BCUT2D eigenvalue weighted by atomic mass is 9.89. The quantitative estimate of drug-likeness (QED) is 0.763. The maximum atomic E-state index is 12.8. The molecule has 24 heavy (non-hydrogen) atoms. The number of halogens is 1. The number of carbonyl (C=O) groups is 2. The lowest BCUT2D eigenvalue weighted by Crippen LogP contribution is -2.59. The fourth-order valence-corrected chi connectivity index (χ4v) is 3.47. The molecule has 0 aromatic heterocycles. The van der Waals surface area contributed by atoms with E-state index in [4.69, 9.17) is 16.3 Å². The second kappa shape index (κ2) is 7.09. The first-order valence-corrected chi connectivity index (χ1v) is 8.54. The Hall–Kier alpha value is -1.63. The molecule has 6 nitrogen and oxygen atoms in total. The highest BCUT2D eigenvalue weighted by atomic mass is 35.5. The second-order valence-corrected chi connectivity index (χ2v) is 7.01. The maximum absolute atomic E-state index is 12.8. The molecule has 3 rings (SSSR count). The van der Waals surface area contributed by atoms with Crippen molar-refractivity contribution in [2.75, 3.05) is 19.7 Å². The van der Waals surface area contributed by atoms with E-state index < -0.39 is 12.1 Å². The first kappa shape index (κ1) is 17.2. The Labute approximate surface area is 146 Å². The molecular formula is C17H22ClN3O3. The molecule has 1 aromatic rings. The van der Waals surface area contributed by atoms with Gasteiger partial charge in [-0.1, -0.05) is 29.8 Å². The molecule has 2 amide bonds. The summed E-state index contributed by atoms with van der Waals surface area (Å²) >= 11 is 6.25. The Kier molecular flexibility index (Phi) is 5.08. The van der Waals surface area contributed by atoms with Gasteiger partial charge in [-0.3, -0.25) is 9.59 Å². The van der Waals surface area contributed by atoms with E-state index in [0.29, 0.717) is 10.6 Å². The summed E-state index contributed by atoms with van der Waals surface area (Å²) in [6.07, 6.45) is 0.915. The van der Waals surface area contributed by atoms with Crippen LogP contribution in [0, 0.1) is 0 Å². The molecule has 0 bridgehead atoms. The summed E-state index contributed by atoms with van der Waals surface area (Å²) in [5, 5.41) is 9.72. The first-order valence-electron chi connectivity index (χ1n) is 8.17. The Morgan fingerprint density at radius 3 is 2.75 bits per heavy atom. The molecule has 130 valence electrons. The molecular weight excluding hydrogens is 330 g/mol. The first-order chi connectivity index (χ1) is 11.5. The van der Waals surface area contributed by atoms with Crippen molar-refractivity contribution in [3.63, 3.8) is 0 Å². The summed E-state index contributed by atoms with van der Waals surface area (Å²) in [4.78, 5) is 24.6. The summed E-state index contributed by atoms with van der Waals surface area (Å²) in [7, 11) is 0. The lowest BCUT2D eigenvalue weighted by molar-refractivity contribution is -0.149. The predicted molar refractivity (Wildman–Crippen MR) is 90.7 cm³/mol. The molecule has 0 saturated carbocycles. The van der Waals surface area contributed by atoms with Crippen LogP contribution < -0.4 is 16.0 Å². The third kappa shape index (κ3) is 3.71. The molecule has 1 aromatic carbocycles. The van der Waals surface area contributed by atoms with Gasteiger partial charge in [-0.05, 0) is 44.5 Å². The summed E-state index contributed by atoms with van der Waals surface area (Å²) in [6, 6.07) is 6.58. The van der Waals surface area contributed by atoms with E-state index in [0.717, 1.165) is 25.9 Å². The summed E-state index contributed by atoms with van der Waals surface area (Å²) < 4.78 is 5.56. The summed E-state index contributed by atoms with van der Waals surface area (Å²) in [5.41, 5.74) is 0.417. The minimum atomic E-state index is -0.797. The number of hydrogen-bond donors (Lipinski definition) is 3. The van der Waals surface area contributed by atoms with Gasteiger partial charge in [-0.15, -0.1) is 0 Å². The van der Waals surface area contributed by atoms with E-state index in [1.807, 2.05) is 19.1 Å². The van der Waals surface area contributed by atoms with Crippen LogP contribution in [0.25, 0.3) is 0 Å². The Morgan fingerprint density at radius 2 is 2.04 bits per heavy atom. The summed E-state index contributed by atoms with van der Waals surface area (Å²) in [5.74, 6) is -0.471. The number of ether oxygens (including phenoxy) is 1. The van der Waals surface area contributed by atoms with E-state index in [2.05, 4.69) is 16.0 Å². The fourth-order valence-electron chi connectivity index (χ4n) is 3.22. The normalized spacial score (nSPS) is 26.5. The van der Waals surface area contributed by atoms with Gasteiger partial charge in [0.1, 0.15) is 6.61 Å². The number of amides is 2. The SMILES string of the molecule is CC1(NC(=O)[C@H]2OCC(=O)N[C@@H]2c2ccccc2Cl)CCNCC1. The molecule has 2 atom stereocenters. The molecule has 0 radical (unpaired) electrons. The molecule has 2 fully saturated rings. The highest BCUT2D eigenvalue weighted by molar-refractivity contribution is 6.31. The molecule has 2 aliphatic rings. The minimum Gasteiger partial charge on any atom is -0.356 e. The van der Waals surface area contributed by atoms with Crippen LogP contribution in [-0.2, 0) is 14.3 Å². The van der Waals surface area contributed by atoms with Crippen molar-refractivity contribution in [2.45, 2.75) is 37.5 Å². The van der Waals surface area contributed by atoms with Gasteiger partial charge in [-0.25, -0.2) is 0 Å². The third-order valence-electron chi connectivity index (χ3n) is 4.64. The average Bonchev–Trinajstić information content (AvgIpc) is 2.55. The van der Waals surface area contributed by atoms with E-state index >= 15 is 0 Å². The van der Waals surface area contributed by atoms with Gasteiger partial charge < -0.3 is 20.7 Å². The molecule has 0 spiro atoms. The van der Waals surface area contributed by atoms with E-state index in [1.165, 1.54) is 0 Å². The van der Waals surface area contributed by atoms with Crippen molar-refractivity contribution in [3.8, 4) is 0 Å². The molecule has 2 aliphatic heterocycles. The highest BCUT2D eigenvalue weighted by Crippen LogP contribution is 2.29. The van der Waals surface area contributed by atoms with Crippen LogP contribution in [-0.4, -0.2) is 43.2 Å². The smallest absolute Gasteiger partial charge is 0.252 e. The van der Waals surface area contributed by atoms with Gasteiger partial charge >= 0.3 is 0 Å². The molecule has 2 heterocycles. The zero-order valence-corrected chi connectivity index (χ0v) is 14.4. The Bertz CT molecular complexity index is 631. The van der Waals surface area contributed by atoms with Crippen molar-refractivity contribution in [2.24, 2.45) is 0 Å². The Morgan fingerprint density at radius 1 is 1.33 bits per heavy atom. The highest BCUT2D eigenvalue weighted by Gasteiger charge is 2.39. The van der Waals surface area contributed by atoms with Crippen LogP contribution in [0.15, 0.2) is 24.3 Å². The van der Waals surface area contributed by atoms with Crippen LogP contribution in [0.4, 0.5) is 0 Å². The zero-order valence-electron chi connectivity index (χ0n) is 13.6. The van der Waals surface area contributed by atoms with Crippen LogP contribution in [0.5, 0.6) is 0 Å². The van der Waals surface area contributed by atoms with Crippen molar-refractivity contribution < 1.29 is 14.3 Å². The van der Waals surface area contributed by atoms with Gasteiger partial charge in [0.2, 0.25) is 5.91 Å². The number of piperidine rings is 1. The van der Waals surface area contributed by atoms with Crippen molar-refractivity contribution >= 4 is 23.4 Å². The molecule has 0 aliphatic carbocycles. The standard InChI is InChI=1S/C17H22ClN3O3/c1-17(6-8-19-9-7-17)21-16(23)15-14(20-13(22)10-24-15)11-4-2-3-5-12(11)18/h2-5,14-15,19H,6-10H2,1H3,(H,20,22)(H,21,23)/t14-,15+/m1/s1. The van der Waals surface area contributed by atoms with E-state index in [-0.39, 0.29) is 24.0 Å². The predicted octanol–water partition coefficient (Wildman–Crippen LogP) is 1.15. The number of rotatable bonds is 3. The number of morpholine rings is 1. The van der Waals surface area contributed by atoms with Gasteiger partial charge in [0.25, 0.3) is 5.91 Å². The number of benzene rings is 1. The van der Waals surface area contributed by atoms with Gasteiger partial charge in [0, 0.05) is 10.6 Å². The Balaban J connectivity index is 1.80. The van der Waals surface area contributed by atoms with Crippen LogP contribution in [0.1, 0.15) is 31.4 Å². The topological polar surface area (TPSA) is 79.5 Å². The summed E-state index contributed by atoms with van der Waals surface area (Å²) in [6.45, 7) is 3.65. The van der Waals surface area contributed by atoms with Crippen LogP contribution in [0.2, 0.25) is 5.02 Å². The number of hydrogen-bond acceptors (Lipinski definition) is 4. The van der Waals surface area contributed by atoms with E-state index in [1.54, 1.807) is 12.1 Å². The molecule has 0 unspecified atom stereocenters. The molecule has 2 saturated heterocycles. The number of nitrogens with one attached hydrogen (secondary N) is 3. The van der Waals surface area contributed by atoms with Gasteiger partial charge in [0.15, 0.2) is 6.10 Å². The third-order valence-corrected chi connectivity index (χ3v) is 4.99. The monoisotopic (exact) mass is 351 g/mol. The van der Waals surface area contributed by atoms with Crippen LogP contribution >= 0.6 is 11.6 Å². The van der Waals surface area contributed by atoms with Crippen molar-refractivity contribution in [3.05, 3.63) is 34.9 Å². The maximum Gasteiger partial charge on any atom is 0.252 e. The van der Waals surface area contributed by atoms with Gasteiger partial charge in [-0.2, -0.15) is 0 Å². The van der Waals surface area contributed by atoms with Crippen molar-refractivity contribution in [1.29, 1.82) is 0 Å². The lowest BCUT2D eigenvalue weighted by Gasteiger charge is -2.38. The largest absolute Gasteiger partial charge is 0.356 e. The second-order valence-electron chi connectivity index (χ2n) is 6.60. The van der Waals surface area contributed by atoms with E-state index in [9.17, 15) is 9.59 Å². The van der Waals surface area contributed by atoms with Crippen LogP contribution in [0.3, 0.4) is 0 Å². The van der Waals surface area contributed by atoms with Gasteiger partial charge in [0.05, 0.1) is 6.04 Å².